The van der Waals surface area contributed by atoms with Crippen LogP contribution >= 0.6 is 0 Å². The van der Waals surface area contributed by atoms with Crippen molar-refractivity contribution >= 4 is 6.08 Å². The van der Waals surface area contributed by atoms with Gasteiger partial charge in [0.05, 0.1) is 0 Å². The van der Waals surface area contributed by atoms with Gasteiger partial charge in [0, 0.05) is 12.2 Å². The van der Waals surface area contributed by atoms with E-state index in [4.69, 9.17) is 5.73 Å². The summed E-state index contributed by atoms with van der Waals surface area (Å²) in [7, 11) is 1.95. The van der Waals surface area contributed by atoms with E-state index in [0.717, 1.165) is 6.54 Å². The Balaban J connectivity index is 2.98. The first-order valence-electron chi connectivity index (χ1n) is 5.00. The van der Waals surface area contributed by atoms with E-state index in [1.807, 2.05) is 19.2 Å². The Bertz CT molecular complexity index is 378. The zero-order valence-corrected chi connectivity index (χ0v) is 9.38. The summed E-state index contributed by atoms with van der Waals surface area (Å²) < 4.78 is 0. The van der Waals surface area contributed by atoms with Crippen molar-refractivity contribution in [2.75, 3.05) is 7.05 Å². The second-order valence-electron chi connectivity index (χ2n) is 3.57. The van der Waals surface area contributed by atoms with E-state index in [9.17, 15) is 0 Å². The smallest absolute Gasteiger partial charge is 0.0241 e. The Hall–Kier alpha value is -1.54. The molecule has 2 nitrogen and oxygen atoms in total. The zero-order chi connectivity index (χ0) is 11.3. The van der Waals surface area contributed by atoms with Gasteiger partial charge in [-0.2, -0.15) is 0 Å². The van der Waals surface area contributed by atoms with E-state index >= 15 is 0 Å². The van der Waals surface area contributed by atoms with Crippen LogP contribution in [0.2, 0.25) is 0 Å². The van der Waals surface area contributed by atoms with E-state index < -0.39 is 0 Å². The molecule has 0 amide bonds. The van der Waals surface area contributed by atoms with Gasteiger partial charge in [-0.05, 0) is 36.7 Å². The molecule has 0 aromatic heterocycles. The molecule has 0 heterocycles. The number of benzene rings is 1. The monoisotopic (exact) mass is 202 g/mol. The number of rotatable bonds is 4. The molecule has 1 rings (SSSR count). The molecule has 80 valence electrons. The minimum Gasteiger partial charge on any atom is -0.399 e. The number of hydrogen-bond acceptors (Lipinski definition) is 2. The van der Waals surface area contributed by atoms with Crippen LogP contribution in [0.15, 0.2) is 36.6 Å². The molecule has 0 fully saturated rings. The Kier molecular flexibility index (Phi) is 4.13. The molecule has 0 bridgehead atoms. The molecule has 0 radical (unpaired) electrons. The van der Waals surface area contributed by atoms with E-state index in [1.165, 1.54) is 16.7 Å². The van der Waals surface area contributed by atoms with Gasteiger partial charge in [0.15, 0.2) is 0 Å². The highest BCUT2D eigenvalue weighted by Crippen LogP contribution is 2.15. The van der Waals surface area contributed by atoms with Gasteiger partial charge in [-0.25, -0.2) is 0 Å². The van der Waals surface area contributed by atoms with Crippen molar-refractivity contribution in [1.82, 2.24) is 5.32 Å². The predicted molar refractivity (Wildman–Crippen MR) is 66.3 cm³/mol. The average Bonchev–Trinajstić information content (AvgIpc) is 2.19. The number of hydrogen-bond donors (Lipinski definition) is 2. The van der Waals surface area contributed by atoms with Crippen LogP contribution in [0.4, 0.5) is 0 Å². The van der Waals surface area contributed by atoms with Crippen LogP contribution in [-0.4, -0.2) is 7.05 Å². The van der Waals surface area contributed by atoms with E-state index in [0.29, 0.717) is 5.70 Å². The Morgan fingerprint density at radius 2 is 2.27 bits per heavy atom. The normalized spacial score (nSPS) is 10.8. The fourth-order valence-electron chi connectivity index (χ4n) is 1.46. The Morgan fingerprint density at radius 3 is 2.87 bits per heavy atom. The van der Waals surface area contributed by atoms with Gasteiger partial charge in [0.1, 0.15) is 0 Å². The summed E-state index contributed by atoms with van der Waals surface area (Å²) in [6.07, 6.45) is 3.82. The quantitative estimate of drug-likeness (QED) is 0.735. The van der Waals surface area contributed by atoms with Crippen LogP contribution in [-0.2, 0) is 6.54 Å². The molecule has 0 aliphatic heterocycles. The molecule has 1 aromatic rings. The minimum absolute atomic E-state index is 0.577. The van der Waals surface area contributed by atoms with Gasteiger partial charge in [-0.1, -0.05) is 30.9 Å². The fourth-order valence-corrected chi connectivity index (χ4v) is 1.46. The molecule has 0 aliphatic rings. The van der Waals surface area contributed by atoms with Gasteiger partial charge >= 0.3 is 0 Å². The lowest BCUT2D eigenvalue weighted by molar-refractivity contribution is 0.812. The lowest BCUT2D eigenvalue weighted by atomic mass is 10.0. The molecule has 0 saturated heterocycles. The van der Waals surface area contributed by atoms with E-state index in [-0.39, 0.29) is 0 Å². The highest BCUT2D eigenvalue weighted by Gasteiger charge is 1.99. The molecule has 3 N–H and O–H groups in total. The molecular weight excluding hydrogens is 184 g/mol. The number of nitrogens with one attached hydrogen (secondary N) is 1. The van der Waals surface area contributed by atoms with Gasteiger partial charge < -0.3 is 11.1 Å². The van der Waals surface area contributed by atoms with Crippen molar-refractivity contribution in [3.8, 4) is 0 Å². The highest BCUT2D eigenvalue weighted by atomic mass is 14.8. The van der Waals surface area contributed by atoms with Crippen LogP contribution < -0.4 is 11.1 Å². The largest absolute Gasteiger partial charge is 0.399 e. The highest BCUT2D eigenvalue weighted by molar-refractivity contribution is 5.57. The topological polar surface area (TPSA) is 38.0 Å². The standard InChI is InChI=1S/C13H18N2/c1-10(14)7-8-12-5-4-6-13(9-15-3)11(12)2/h4-8,15H,1,9,14H2,2-3H3/b8-7-. The number of nitrogens with two attached hydrogens (primary N) is 1. The van der Waals surface area contributed by atoms with Crippen molar-refractivity contribution in [3.63, 3.8) is 0 Å². The third kappa shape index (κ3) is 3.26. The third-order valence-corrected chi connectivity index (χ3v) is 2.33. The second-order valence-corrected chi connectivity index (χ2v) is 3.57. The molecular formula is C13H18N2. The van der Waals surface area contributed by atoms with Crippen LogP contribution in [0.5, 0.6) is 0 Å². The summed E-state index contributed by atoms with van der Waals surface area (Å²) in [6.45, 7) is 6.64. The van der Waals surface area contributed by atoms with Gasteiger partial charge in [0.2, 0.25) is 0 Å². The van der Waals surface area contributed by atoms with Gasteiger partial charge in [0.25, 0.3) is 0 Å². The van der Waals surface area contributed by atoms with Crippen molar-refractivity contribution in [2.45, 2.75) is 13.5 Å². The van der Waals surface area contributed by atoms with Crippen LogP contribution in [0.1, 0.15) is 16.7 Å². The Morgan fingerprint density at radius 1 is 1.53 bits per heavy atom. The zero-order valence-electron chi connectivity index (χ0n) is 9.38. The van der Waals surface area contributed by atoms with E-state index in [1.54, 1.807) is 0 Å². The molecule has 0 atom stereocenters. The summed E-state index contributed by atoms with van der Waals surface area (Å²) >= 11 is 0. The van der Waals surface area contributed by atoms with Crippen molar-refractivity contribution < 1.29 is 0 Å². The maximum absolute atomic E-state index is 5.49. The SMILES string of the molecule is C=C(N)/C=C\c1cccc(CNC)c1C. The minimum atomic E-state index is 0.577. The Labute approximate surface area is 91.5 Å². The first-order chi connectivity index (χ1) is 7.15. The molecule has 2 heteroatoms. The fraction of sp³-hybridized carbons (Fsp3) is 0.231. The maximum Gasteiger partial charge on any atom is 0.0241 e. The summed E-state index contributed by atoms with van der Waals surface area (Å²) in [5, 5.41) is 3.15. The van der Waals surface area contributed by atoms with Crippen molar-refractivity contribution in [1.29, 1.82) is 0 Å². The molecule has 15 heavy (non-hydrogen) atoms. The first-order valence-corrected chi connectivity index (χ1v) is 5.00. The third-order valence-electron chi connectivity index (χ3n) is 2.33. The molecule has 0 unspecified atom stereocenters. The van der Waals surface area contributed by atoms with Gasteiger partial charge in [-0.15, -0.1) is 0 Å². The molecule has 0 aliphatic carbocycles. The second kappa shape index (κ2) is 5.37. The lowest BCUT2D eigenvalue weighted by Gasteiger charge is -2.07. The summed E-state index contributed by atoms with van der Waals surface area (Å²) in [4.78, 5) is 0. The summed E-state index contributed by atoms with van der Waals surface area (Å²) in [5.41, 5.74) is 9.85. The average molecular weight is 202 g/mol. The van der Waals surface area contributed by atoms with Crippen LogP contribution in [0.3, 0.4) is 0 Å². The lowest BCUT2D eigenvalue weighted by Crippen LogP contribution is -2.07. The van der Waals surface area contributed by atoms with Crippen LogP contribution in [0, 0.1) is 6.92 Å². The number of allylic oxidation sites excluding steroid dienone is 1. The maximum atomic E-state index is 5.49. The van der Waals surface area contributed by atoms with Crippen molar-refractivity contribution in [3.05, 3.63) is 53.2 Å². The van der Waals surface area contributed by atoms with Gasteiger partial charge in [-0.3, -0.25) is 0 Å². The molecule has 0 spiro atoms. The summed E-state index contributed by atoms with van der Waals surface area (Å²) in [6, 6.07) is 6.26. The van der Waals surface area contributed by atoms with E-state index in [2.05, 4.69) is 37.0 Å². The van der Waals surface area contributed by atoms with Crippen LogP contribution in [0.25, 0.3) is 6.08 Å². The first kappa shape index (κ1) is 11.5. The van der Waals surface area contributed by atoms with Crippen molar-refractivity contribution in [2.24, 2.45) is 5.73 Å². The summed E-state index contributed by atoms with van der Waals surface area (Å²) in [5.74, 6) is 0. The molecule has 1 aromatic carbocycles. The predicted octanol–water partition coefficient (Wildman–Crippen LogP) is 2.20. The molecule has 0 saturated carbocycles.